The quantitative estimate of drug-likeness (QED) is 0.760. The monoisotopic (exact) mass is 390 g/mol. The summed E-state index contributed by atoms with van der Waals surface area (Å²) >= 11 is 12.5. The summed E-state index contributed by atoms with van der Waals surface area (Å²) in [6, 6.07) is 5.71. The number of nitrogens with one attached hydrogen (secondary N) is 1. The predicted octanol–water partition coefficient (Wildman–Crippen LogP) is 3.84. The zero-order valence-electron chi connectivity index (χ0n) is 12.5. The van der Waals surface area contributed by atoms with E-state index in [0.717, 1.165) is 17.1 Å². The highest BCUT2D eigenvalue weighted by Gasteiger charge is 2.25. The van der Waals surface area contributed by atoms with E-state index in [1.54, 1.807) is 19.1 Å². The van der Waals surface area contributed by atoms with Gasteiger partial charge in [-0.1, -0.05) is 42.3 Å². The van der Waals surface area contributed by atoms with Crippen molar-refractivity contribution in [3.8, 4) is 0 Å². The first-order chi connectivity index (χ1) is 11.4. The highest BCUT2D eigenvalue weighted by atomic mass is 35.5. The van der Waals surface area contributed by atoms with Crippen molar-refractivity contribution in [2.75, 3.05) is 0 Å². The minimum Gasteiger partial charge on any atom is -0.447 e. The van der Waals surface area contributed by atoms with Crippen LogP contribution in [0.1, 0.15) is 29.4 Å². The maximum absolute atomic E-state index is 12.8. The molecule has 2 aromatic rings. The Kier molecular flexibility index (Phi) is 6.53. The van der Waals surface area contributed by atoms with Crippen LogP contribution in [-0.2, 0) is 16.1 Å². The number of esters is 1. The van der Waals surface area contributed by atoms with Crippen molar-refractivity contribution in [3.05, 3.63) is 50.7 Å². The van der Waals surface area contributed by atoms with Crippen LogP contribution in [0.4, 0.5) is 4.39 Å². The van der Waals surface area contributed by atoms with E-state index in [1.165, 1.54) is 12.1 Å². The maximum Gasteiger partial charge on any atom is 0.360 e. The van der Waals surface area contributed by atoms with Crippen LogP contribution in [0.2, 0.25) is 9.36 Å². The van der Waals surface area contributed by atoms with Crippen molar-refractivity contribution in [2.24, 2.45) is 0 Å². The number of benzene rings is 1. The van der Waals surface area contributed by atoms with Gasteiger partial charge in [0, 0.05) is 6.54 Å². The Morgan fingerprint density at radius 2 is 2.00 bits per heavy atom. The molecule has 9 heteroatoms. The molecule has 0 aliphatic rings. The van der Waals surface area contributed by atoms with Gasteiger partial charge in [-0.15, -0.1) is 0 Å². The zero-order valence-corrected chi connectivity index (χ0v) is 14.8. The lowest BCUT2D eigenvalue weighted by Gasteiger charge is -2.15. The van der Waals surface area contributed by atoms with Crippen LogP contribution in [-0.4, -0.2) is 22.4 Å². The Bertz CT molecular complexity index is 737. The summed E-state index contributed by atoms with van der Waals surface area (Å²) in [5, 5.41) is 2.64. The second kappa shape index (κ2) is 8.41. The van der Waals surface area contributed by atoms with Crippen molar-refractivity contribution in [1.29, 1.82) is 0 Å². The highest BCUT2D eigenvalue weighted by Crippen LogP contribution is 2.30. The Labute approximate surface area is 151 Å². The molecule has 1 aromatic heterocycles. The second-order valence-corrected chi connectivity index (χ2v) is 6.52. The van der Waals surface area contributed by atoms with Crippen LogP contribution in [0.5, 0.6) is 0 Å². The van der Waals surface area contributed by atoms with Gasteiger partial charge in [-0.2, -0.15) is 4.37 Å². The molecule has 0 saturated carbocycles. The number of hydrogen-bond donors (Lipinski definition) is 1. The summed E-state index contributed by atoms with van der Waals surface area (Å²) in [4.78, 5) is 24.2. The summed E-state index contributed by atoms with van der Waals surface area (Å²) in [6.07, 6.45) is -0.717. The number of hydrogen-bond acceptors (Lipinski definition) is 5. The fourth-order valence-corrected chi connectivity index (χ4v) is 2.78. The Hall–Kier alpha value is -1.70. The highest BCUT2D eigenvalue weighted by molar-refractivity contribution is 7.11. The number of carbonyl (C=O) groups excluding carboxylic acids is 2. The van der Waals surface area contributed by atoms with Gasteiger partial charge in [-0.05, 0) is 35.6 Å². The van der Waals surface area contributed by atoms with Crippen molar-refractivity contribution in [3.63, 3.8) is 0 Å². The molecule has 1 aromatic carbocycles. The van der Waals surface area contributed by atoms with E-state index in [2.05, 4.69) is 9.69 Å². The van der Waals surface area contributed by atoms with Crippen LogP contribution < -0.4 is 5.32 Å². The molecule has 0 spiro atoms. The molecule has 1 N–H and O–H groups in total. The van der Waals surface area contributed by atoms with E-state index in [4.69, 9.17) is 27.9 Å². The second-order valence-electron chi connectivity index (χ2n) is 4.77. The van der Waals surface area contributed by atoms with E-state index in [1.807, 2.05) is 0 Å². The average Bonchev–Trinajstić information content (AvgIpc) is 2.91. The van der Waals surface area contributed by atoms with Crippen LogP contribution >= 0.6 is 34.7 Å². The van der Waals surface area contributed by atoms with Crippen LogP contribution in [0, 0.1) is 5.82 Å². The van der Waals surface area contributed by atoms with Gasteiger partial charge >= 0.3 is 5.97 Å². The molecule has 1 atom stereocenters. The van der Waals surface area contributed by atoms with Crippen LogP contribution in [0.15, 0.2) is 24.3 Å². The van der Waals surface area contributed by atoms with Gasteiger partial charge in [0.1, 0.15) is 15.2 Å². The van der Waals surface area contributed by atoms with Crippen molar-refractivity contribution in [1.82, 2.24) is 9.69 Å². The maximum atomic E-state index is 12.8. The number of ether oxygens (including phenoxy) is 1. The number of amides is 1. The lowest BCUT2D eigenvalue weighted by atomic mass is 10.2. The van der Waals surface area contributed by atoms with Gasteiger partial charge in [-0.25, -0.2) is 9.18 Å². The van der Waals surface area contributed by atoms with Gasteiger partial charge in [0.05, 0.1) is 0 Å². The summed E-state index contributed by atoms with van der Waals surface area (Å²) in [6.45, 7) is 1.89. The molecular weight excluding hydrogens is 378 g/mol. The number of carbonyl (C=O) groups is 2. The third kappa shape index (κ3) is 4.66. The number of halogens is 3. The van der Waals surface area contributed by atoms with Crippen molar-refractivity contribution in [2.45, 2.75) is 26.0 Å². The first-order valence-corrected chi connectivity index (χ1v) is 8.49. The average molecular weight is 391 g/mol. The number of rotatable bonds is 6. The Morgan fingerprint density at radius 3 is 2.54 bits per heavy atom. The van der Waals surface area contributed by atoms with Crippen LogP contribution in [0.25, 0.3) is 0 Å². The minimum atomic E-state index is -0.991. The van der Waals surface area contributed by atoms with E-state index in [-0.39, 0.29) is 33.8 Å². The van der Waals surface area contributed by atoms with E-state index < -0.39 is 18.0 Å². The first kappa shape index (κ1) is 18.6. The summed E-state index contributed by atoms with van der Waals surface area (Å²) < 4.78 is 22.0. The van der Waals surface area contributed by atoms with Crippen LogP contribution in [0.3, 0.4) is 0 Å². The van der Waals surface area contributed by atoms with E-state index >= 15 is 0 Å². The third-order valence-corrected chi connectivity index (χ3v) is 4.69. The zero-order chi connectivity index (χ0) is 17.7. The molecule has 128 valence electrons. The van der Waals surface area contributed by atoms with E-state index in [9.17, 15) is 14.0 Å². The lowest BCUT2D eigenvalue weighted by molar-refractivity contribution is -0.130. The van der Waals surface area contributed by atoms with Gasteiger partial charge in [-0.3, -0.25) is 4.79 Å². The third-order valence-electron chi connectivity index (χ3n) is 3.08. The predicted molar refractivity (Wildman–Crippen MR) is 89.9 cm³/mol. The molecule has 5 nitrogen and oxygen atoms in total. The summed E-state index contributed by atoms with van der Waals surface area (Å²) in [7, 11) is 0. The summed E-state index contributed by atoms with van der Waals surface area (Å²) in [5.74, 6) is -1.64. The molecule has 0 bridgehead atoms. The van der Waals surface area contributed by atoms with Crippen molar-refractivity contribution < 1.29 is 18.7 Å². The molecule has 1 heterocycles. The fourth-order valence-electron chi connectivity index (χ4n) is 1.80. The Morgan fingerprint density at radius 1 is 1.33 bits per heavy atom. The van der Waals surface area contributed by atoms with Gasteiger partial charge in [0.2, 0.25) is 0 Å². The SMILES string of the molecule is CC[C@@H](OC(=O)c1nsc(Cl)c1Cl)C(=O)NCc1ccc(F)cc1. The molecule has 0 unspecified atom stereocenters. The molecule has 24 heavy (non-hydrogen) atoms. The normalized spacial score (nSPS) is 11.8. The van der Waals surface area contributed by atoms with E-state index in [0.29, 0.717) is 0 Å². The van der Waals surface area contributed by atoms with Gasteiger partial charge in [0.15, 0.2) is 11.8 Å². The first-order valence-electron chi connectivity index (χ1n) is 6.96. The van der Waals surface area contributed by atoms with Gasteiger partial charge in [0.25, 0.3) is 5.91 Å². The summed E-state index contributed by atoms with van der Waals surface area (Å²) in [5.41, 5.74) is 0.608. The lowest BCUT2D eigenvalue weighted by Crippen LogP contribution is -2.37. The number of aromatic nitrogens is 1. The Balaban J connectivity index is 1.94. The molecule has 2 rings (SSSR count). The molecule has 0 saturated heterocycles. The van der Waals surface area contributed by atoms with Crippen molar-refractivity contribution >= 4 is 46.6 Å². The topological polar surface area (TPSA) is 68.3 Å². The van der Waals surface area contributed by atoms with Gasteiger partial charge < -0.3 is 10.1 Å². The standard InChI is InChI=1S/C15H13Cl2FN2O3S/c1-2-10(23-15(22)12-11(16)13(17)24-20-12)14(21)19-7-8-3-5-9(18)6-4-8/h3-6,10H,2,7H2,1H3,(H,19,21)/t10-/m1/s1. The molecule has 0 radical (unpaired) electrons. The molecular formula is C15H13Cl2FN2O3S. The largest absolute Gasteiger partial charge is 0.447 e. The minimum absolute atomic E-state index is 0.00763. The fraction of sp³-hybridized carbons (Fsp3) is 0.267. The smallest absolute Gasteiger partial charge is 0.360 e. The molecule has 0 aliphatic heterocycles. The number of nitrogens with zero attached hydrogens (tertiary/aromatic N) is 1. The molecule has 0 fully saturated rings. The molecule has 1 amide bonds. The molecule has 0 aliphatic carbocycles.